The van der Waals surface area contributed by atoms with Crippen LogP contribution >= 0.6 is 0 Å². The Bertz CT molecular complexity index is 2360. The molecule has 0 N–H and O–H groups in total. The molecule has 5 nitrogen and oxygen atoms in total. The standard InChI is InChI=1S/C44H46N4O/c1-27-20-21-45-38(24-27)47-36-17-12-11-16-34(36)35-19-18-32(26-37(35)47)49-33-23-28(2)22-31(25-33)48-42(44(8,9)10)40(41(46-48)43(5,6)7)39-29(3)14-13-15-30(39)4/h11-26H,1-10H3. The van der Waals surface area contributed by atoms with Crippen LogP contribution in [0.15, 0.2) is 97.2 Å². The molecule has 4 aromatic carbocycles. The molecule has 0 aliphatic heterocycles. The van der Waals surface area contributed by atoms with Gasteiger partial charge in [0.15, 0.2) is 0 Å². The van der Waals surface area contributed by atoms with Gasteiger partial charge in [0.1, 0.15) is 17.3 Å². The van der Waals surface area contributed by atoms with Crippen molar-refractivity contribution in [3.63, 3.8) is 0 Å². The minimum atomic E-state index is -0.187. The van der Waals surface area contributed by atoms with Crippen molar-refractivity contribution in [2.45, 2.75) is 80.1 Å². The van der Waals surface area contributed by atoms with Crippen LogP contribution in [-0.4, -0.2) is 19.3 Å². The van der Waals surface area contributed by atoms with Crippen LogP contribution in [-0.2, 0) is 10.8 Å². The molecule has 0 bridgehead atoms. The van der Waals surface area contributed by atoms with Crippen LogP contribution in [0.1, 0.15) is 75.2 Å². The molecule has 0 aliphatic carbocycles. The Kier molecular flexibility index (Phi) is 7.78. The molecular formula is C44H46N4O. The summed E-state index contributed by atoms with van der Waals surface area (Å²) in [5.74, 6) is 2.43. The van der Waals surface area contributed by atoms with Crippen molar-refractivity contribution in [2.24, 2.45) is 0 Å². The Morgan fingerprint density at radius 2 is 1.31 bits per heavy atom. The first-order chi connectivity index (χ1) is 23.2. The lowest BCUT2D eigenvalue weighted by atomic mass is 9.79. The first-order valence-electron chi connectivity index (χ1n) is 17.2. The molecular weight excluding hydrogens is 601 g/mol. The molecule has 0 saturated heterocycles. The highest BCUT2D eigenvalue weighted by atomic mass is 16.5. The number of rotatable bonds is 5. The summed E-state index contributed by atoms with van der Waals surface area (Å²) in [6.07, 6.45) is 1.87. The van der Waals surface area contributed by atoms with Crippen LogP contribution < -0.4 is 4.74 Å². The molecule has 7 aromatic rings. The van der Waals surface area contributed by atoms with E-state index < -0.39 is 0 Å². The maximum Gasteiger partial charge on any atom is 0.137 e. The molecule has 5 heteroatoms. The zero-order chi connectivity index (χ0) is 34.8. The van der Waals surface area contributed by atoms with Crippen molar-refractivity contribution in [3.8, 4) is 34.1 Å². The molecule has 0 atom stereocenters. The van der Waals surface area contributed by atoms with Gasteiger partial charge in [0.2, 0.25) is 0 Å². The van der Waals surface area contributed by atoms with Gasteiger partial charge in [0.05, 0.1) is 28.1 Å². The summed E-state index contributed by atoms with van der Waals surface area (Å²) >= 11 is 0. The number of para-hydroxylation sites is 1. The summed E-state index contributed by atoms with van der Waals surface area (Å²) in [7, 11) is 0. The third-order valence-electron chi connectivity index (χ3n) is 9.33. The van der Waals surface area contributed by atoms with E-state index in [1.165, 1.54) is 38.9 Å². The Labute approximate surface area is 290 Å². The third kappa shape index (κ3) is 5.82. The van der Waals surface area contributed by atoms with E-state index >= 15 is 0 Å². The van der Waals surface area contributed by atoms with E-state index in [1.54, 1.807) is 0 Å². The lowest BCUT2D eigenvalue weighted by Gasteiger charge is -2.25. The fraction of sp³-hybridized carbons (Fsp3) is 0.273. The summed E-state index contributed by atoms with van der Waals surface area (Å²) in [6, 6.07) is 32.0. The molecule has 3 heterocycles. The van der Waals surface area contributed by atoms with Gasteiger partial charge in [0, 0.05) is 45.5 Å². The van der Waals surface area contributed by atoms with Crippen molar-refractivity contribution in [1.82, 2.24) is 19.3 Å². The summed E-state index contributed by atoms with van der Waals surface area (Å²) in [4.78, 5) is 4.75. The first kappa shape index (κ1) is 32.4. The van der Waals surface area contributed by atoms with Gasteiger partial charge in [-0.1, -0.05) is 77.9 Å². The minimum absolute atomic E-state index is 0.168. The molecule has 0 spiro atoms. The summed E-state index contributed by atoms with van der Waals surface area (Å²) in [6.45, 7) is 22.3. The zero-order valence-corrected chi connectivity index (χ0v) is 30.4. The highest BCUT2D eigenvalue weighted by Crippen LogP contribution is 2.44. The van der Waals surface area contributed by atoms with Gasteiger partial charge in [-0.2, -0.15) is 5.10 Å². The number of aryl methyl sites for hydroxylation is 4. The van der Waals surface area contributed by atoms with E-state index in [1.807, 2.05) is 12.3 Å². The monoisotopic (exact) mass is 646 g/mol. The second-order valence-electron chi connectivity index (χ2n) is 15.6. The number of pyridine rings is 1. The maximum atomic E-state index is 6.72. The Balaban J connectivity index is 1.39. The maximum absolute atomic E-state index is 6.72. The number of benzene rings is 4. The number of nitrogens with zero attached hydrogens (tertiary/aromatic N) is 4. The van der Waals surface area contributed by atoms with Crippen molar-refractivity contribution in [2.75, 3.05) is 0 Å². The summed E-state index contributed by atoms with van der Waals surface area (Å²) in [5, 5.41) is 7.79. The van der Waals surface area contributed by atoms with Crippen molar-refractivity contribution >= 4 is 21.8 Å². The zero-order valence-electron chi connectivity index (χ0n) is 30.4. The predicted octanol–water partition coefficient (Wildman–Crippen LogP) is 11.7. The lowest BCUT2D eigenvalue weighted by molar-refractivity contribution is 0.481. The fourth-order valence-corrected chi connectivity index (χ4v) is 7.22. The minimum Gasteiger partial charge on any atom is -0.457 e. The van der Waals surface area contributed by atoms with E-state index in [2.05, 4.69) is 163 Å². The van der Waals surface area contributed by atoms with Crippen molar-refractivity contribution in [3.05, 3.63) is 131 Å². The SMILES string of the molecule is Cc1cc(Oc2ccc3c4ccccc4n(-c4cc(C)ccn4)c3c2)cc(-n2nc(C(C)(C)C)c(-c3c(C)cccc3C)c2C(C)(C)C)c1. The van der Waals surface area contributed by atoms with Crippen LogP contribution in [0.4, 0.5) is 0 Å². The van der Waals surface area contributed by atoms with Crippen LogP contribution in [0.2, 0.25) is 0 Å². The molecule has 0 amide bonds. The summed E-state index contributed by atoms with van der Waals surface area (Å²) in [5.41, 5.74) is 12.4. The van der Waals surface area contributed by atoms with Crippen molar-refractivity contribution in [1.29, 1.82) is 0 Å². The molecule has 0 fully saturated rings. The predicted molar refractivity (Wildman–Crippen MR) is 204 cm³/mol. The van der Waals surface area contributed by atoms with E-state index in [-0.39, 0.29) is 10.8 Å². The fourth-order valence-electron chi connectivity index (χ4n) is 7.22. The molecule has 0 aliphatic rings. The smallest absolute Gasteiger partial charge is 0.137 e. The summed E-state index contributed by atoms with van der Waals surface area (Å²) < 4.78 is 11.1. The molecule has 3 aromatic heterocycles. The topological polar surface area (TPSA) is 44.9 Å². The number of aromatic nitrogens is 4. The van der Waals surface area contributed by atoms with Gasteiger partial charge in [-0.05, 0) is 98.0 Å². The van der Waals surface area contributed by atoms with Gasteiger partial charge < -0.3 is 4.74 Å². The average Bonchev–Trinajstić information content (AvgIpc) is 3.58. The quantitative estimate of drug-likeness (QED) is 0.187. The third-order valence-corrected chi connectivity index (χ3v) is 9.33. The Hall–Kier alpha value is -5.16. The van der Waals surface area contributed by atoms with E-state index in [0.717, 1.165) is 50.7 Å². The van der Waals surface area contributed by atoms with Gasteiger partial charge in [-0.25, -0.2) is 9.67 Å². The first-order valence-corrected chi connectivity index (χ1v) is 17.2. The van der Waals surface area contributed by atoms with Crippen LogP contribution in [0.5, 0.6) is 11.5 Å². The van der Waals surface area contributed by atoms with Gasteiger partial charge in [-0.15, -0.1) is 0 Å². The van der Waals surface area contributed by atoms with Crippen LogP contribution in [0, 0.1) is 27.7 Å². The molecule has 49 heavy (non-hydrogen) atoms. The molecule has 0 saturated carbocycles. The number of fused-ring (bicyclic) bond motifs is 3. The second kappa shape index (κ2) is 11.8. The van der Waals surface area contributed by atoms with E-state index in [0.29, 0.717) is 0 Å². The molecule has 0 unspecified atom stereocenters. The van der Waals surface area contributed by atoms with Gasteiger partial charge >= 0.3 is 0 Å². The molecule has 248 valence electrons. The van der Waals surface area contributed by atoms with Crippen molar-refractivity contribution < 1.29 is 4.74 Å². The van der Waals surface area contributed by atoms with E-state index in [9.17, 15) is 0 Å². The molecule has 0 radical (unpaired) electrons. The highest BCUT2D eigenvalue weighted by molar-refractivity contribution is 6.09. The number of ether oxygens (including phenoxy) is 1. The van der Waals surface area contributed by atoms with E-state index in [4.69, 9.17) is 14.8 Å². The number of hydrogen-bond donors (Lipinski definition) is 0. The Morgan fingerprint density at radius 1 is 0.592 bits per heavy atom. The van der Waals surface area contributed by atoms with Crippen LogP contribution in [0.3, 0.4) is 0 Å². The average molecular weight is 647 g/mol. The normalized spacial score (nSPS) is 12.3. The van der Waals surface area contributed by atoms with Gasteiger partial charge in [-0.3, -0.25) is 4.57 Å². The Morgan fingerprint density at radius 3 is 2.00 bits per heavy atom. The molecule has 7 rings (SSSR count). The van der Waals surface area contributed by atoms with Crippen LogP contribution in [0.25, 0.3) is 44.4 Å². The lowest BCUT2D eigenvalue weighted by Crippen LogP contribution is -2.19. The second-order valence-corrected chi connectivity index (χ2v) is 15.6. The van der Waals surface area contributed by atoms with Gasteiger partial charge in [0.25, 0.3) is 0 Å². The number of hydrogen-bond acceptors (Lipinski definition) is 3. The largest absolute Gasteiger partial charge is 0.457 e. The highest BCUT2D eigenvalue weighted by Gasteiger charge is 2.34.